The lowest BCUT2D eigenvalue weighted by atomic mass is 10.2. The van der Waals surface area contributed by atoms with Crippen LogP contribution in [-0.2, 0) is 24.3 Å². The number of esters is 1. The number of hydrogen-bond donors (Lipinski definition) is 1. The summed E-state index contributed by atoms with van der Waals surface area (Å²) in [4.78, 5) is 22.8. The zero-order chi connectivity index (χ0) is 19.4. The Morgan fingerprint density at radius 1 is 1.08 bits per heavy atom. The third-order valence-corrected chi connectivity index (χ3v) is 5.39. The van der Waals surface area contributed by atoms with Crippen molar-refractivity contribution in [3.05, 3.63) is 28.7 Å². The van der Waals surface area contributed by atoms with Crippen LogP contribution < -0.4 is 4.72 Å². The van der Waals surface area contributed by atoms with E-state index in [2.05, 4.69) is 25.4 Å². The van der Waals surface area contributed by atoms with Gasteiger partial charge in [0.05, 0.1) is 11.5 Å². The van der Waals surface area contributed by atoms with Crippen LogP contribution in [0.3, 0.4) is 0 Å². The highest BCUT2D eigenvalue weighted by molar-refractivity contribution is 9.10. The molecule has 0 atom stereocenters. The van der Waals surface area contributed by atoms with Gasteiger partial charge in [0.25, 0.3) is 0 Å². The topological polar surface area (TPSA) is 98.8 Å². The van der Waals surface area contributed by atoms with Crippen LogP contribution in [0.4, 0.5) is 4.79 Å². The molecule has 0 bridgehead atoms. The number of carbonyl (C=O) groups is 2. The zero-order valence-corrected chi connectivity index (χ0v) is 17.1. The molecule has 146 valence electrons. The molecule has 0 saturated heterocycles. The van der Waals surface area contributed by atoms with Crippen LogP contribution in [0.5, 0.6) is 0 Å². The normalized spacial score (nSPS) is 11.2. The van der Waals surface area contributed by atoms with Gasteiger partial charge in [0.2, 0.25) is 10.0 Å². The van der Waals surface area contributed by atoms with Crippen LogP contribution in [0.1, 0.15) is 45.4 Å². The Bertz CT molecular complexity index is 675. The second kappa shape index (κ2) is 12.0. The Balaban J connectivity index is 2.16. The largest absolute Gasteiger partial charge is 0.516 e. The number of benzene rings is 1. The summed E-state index contributed by atoms with van der Waals surface area (Å²) in [5, 5.41) is 0. The van der Waals surface area contributed by atoms with Crippen LogP contribution in [0, 0.1) is 0 Å². The molecule has 0 saturated carbocycles. The number of halogens is 1. The molecule has 0 heterocycles. The number of rotatable bonds is 11. The van der Waals surface area contributed by atoms with E-state index in [1.807, 2.05) is 6.92 Å². The third kappa shape index (κ3) is 9.30. The van der Waals surface area contributed by atoms with Crippen molar-refractivity contribution in [2.45, 2.75) is 50.3 Å². The molecule has 1 rings (SSSR count). The Hall–Kier alpha value is -1.45. The molecule has 0 aliphatic carbocycles. The monoisotopic (exact) mass is 449 g/mol. The van der Waals surface area contributed by atoms with Crippen molar-refractivity contribution in [3.63, 3.8) is 0 Å². The van der Waals surface area contributed by atoms with Crippen LogP contribution in [-0.4, -0.2) is 33.7 Å². The molecule has 1 N–H and O–H groups in total. The van der Waals surface area contributed by atoms with E-state index in [-0.39, 0.29) is 24.5 Å². The van der Waals surface area contributed by atoms with Crippen LogP contribution in [0.25, 0.3) is 0 Å². The molecule has 0 unspecified atom stereocenters. The molecule has 0 aliphatic heterocycles. The molecule has 9 heteroatoms. The highest BCUT2D eigenvalue weighted by Gasteiger charge is 2.13. The highest BCUT2D eigenvalue weighted by Crippen LogP contribution is 2.14. The van der Waals surface area contributed by atoms with E-state index in [0.717, 1.165) is 17.3 Å². The fourth-order valence-electron chi connectivity index (χ4n) is 1.95. The van der Waals surface area contributed by atoms with Crippen molar-refractivity contribution in [1.29, 1.82) is 0 Å². The van der Waals surface area contributed by atoms with E-state index in [1.165, 1.54) is 12.1 Å². The van der Waals surface area contributed by atoms with Gasteiger partial charge in [0, 0.05) is 17.4 Å². The lowest BCUT2D eigenvalue weighted by molar-refractivity contribution is -0.139. The predicted octanol–water partition coefficient (Wildman–Crippen LogP) is 3.77. The fourth-order valence-corrected chi connectivity index (χ4v) is 3.29. The van der Waals surface area contributed by atoms with E-state index in [4.69, 9.17) is 4.74 Å². The molecule has 1 aromatic carbocycles. The number of nitrogens with one attached hydrogen (secondary N) is 1. The maximum Gasteiger partial charge on any atom is 0.516 e. The summed E-state index contributed by atoms with van der Waals surface area (Å²) in [6.07, 6.45) is 2.42. The molecule has 0 fully saturated rings. The first-order valence-corrected chi connectivity index (χ1v) is 10.8. The fraction of sp³-hybridized carbons (Fsp3) is 0.529. The van der Waals surface area contributed by atoms with Crippen molar-refractivity contribution < 1.29 is 27.5 Å². The summed E-state index contributed by atoms with van der Waals surface area (Å²) in [7, 11) is -3.53. The molecule has 0 aliphatic rings. The Labute approximate surface area is 162 Å². The first-order valence-electron chi connectivity index (χ1n) is 8.48. The van der Waals surface area contributed by atoms with Gasteiger partial charge in [-0.1, -0.05) is 35.7 Å². The minimum Gasteiger partial charge on any atom is -0.434 e. The highest BCUT2D eigenvalue weighted by atomic mass is 79.9. The Morgan fingerprint density at radius 2 is 1.77 bits per heavy atom. The maximum absolute atomic E-state index is 12.1. The summed E-state index contributed by atoms with van der Waals surface area (Å²) in [6, 6.07) is 6.35. The quantitative estimate of drug-likeness (QED) is 0.313. The minimum absolute atomic E-state index is 0.0857. The predicted molar refractivity (Wildman–Crippen MR) is 100 cm³/mol. The first-order chi connectivity index (χ1) is 12.3. The molecule has 0 aromatic heterocycles. The van der Waals surface area contributed by atoms with Crippen molar-refractivity contribution in [1.82, 2.24) is 4.72 Å². The van der Waals surface area contributed by atoms with E-state index in [9.17, 15) is 18.0 Å². The van der Waals surface area contributed by atoms with Gasteiger partial charge in [-0.05, 0) is 43.5 Å². The smallest absolute Gasteiger partial charge is 0.434 e. The number of ether oxygens (including phenoxy) is 2. The molecule has 1 aromatic rings. The van der Waals surface area contributed by atoms with Crippen LogP contribution in [0.15, 0.2) is 33.6 Å². The number of hydrogen-bond acceptors (Lipinski definition) is 6. The molecule has 26 heavy (non-hydrogen) atoms. The number of carbonyl (C=O) groups excluding carboxylic acids is 2. The summed E-state index contributed by atoms with van der Waals surface area (Å²) >= 11 is 3.25. The van der Waals surface area contributed by atoms with Crippen molar-refractivity contribution in [2.24, 2.45) is 0 Å². The molecule has 0 amide bonds. The molecule has 0 radical (unpaired) electrons. The average Bonchev–Trinajstić information content (AvgIpc) is 2.58. The van der Waals surface area contributed by atoms with Crippen LogP contribution >= 0.6 is 15.9 Å². The average molecular weight is 450 g/mol. The standard InChI is InChI=1S/C17H24BrNO6S/c1-2-3-13-24-17(21)25-16(20)7-5-4-6-12-19-26(22,23)15-10-8-14(18)9-11-15/h8-11,19H,2-7,12-13H2,1H3. The molecular weight excluding hydrogens is 426 g/mol. The second-order valence-corrected chi connectivity index (χ2v) is 8.27. The Kier molecular flexibility index (Phi) is 10.5. The lowest BCUT2D eigenvalue weighted by Gasteiger charge is -2.07. The van der Waals surface area contributed by atoms with E-state index in [1.54, 1.807) is 12.1 Å². The molecule has 0 spiro atoms. The van der Waals surface area contributed by atoms with Crippen molar-refractivity contribution >= 4 is 38.1 Å². The van der Waals surface area contributed by atoms with Gasteiger partial charge in [-0.25, -0.2) is 17.9 Å². The lowest BCUT2D eigenvalue weighted by Crippen LogP contribution is -2.24. The van der Waals surface area contributed by atoms with Crippen molar-refractivity contribution in [3.8, 4) is 0 Å². The SMILES string of the molecule is CCCCOC(=O)OC(=O)CCCCCNS(=O)(=O)c1ccc(Br)cc1. The summed E-state index contributed by atoms with van der Waals surface area (Å²) in [5.41, 5.74) is 0. The Morgan fingerprint density at radius 3 is 2.42 bits per heavy atom. The van der Waals surface area contributed by atoms with Gasteiger partial charge in [-0.2, -0.15) is 0 Å². The van der Waals surface area contributed by atoms with Gasteiger partial charge in [-0.15, -0.1) is 0 Å². The van der Waals surface area contributed by atoms with E-state index >= 15 is 0 Å². The molecule has 7 nitrogen and oxygen atoms in total. The van der Waals surface area contributed by atoms with Crippen LogP contribution in [0.2, 0.25) is 0 Å². The third-order valence-electron chi connectivity index (χ3n) is 3.39. The van der Waals surface area contributed by atoms with E-state index < -0.39 is 22.1 Å². The maximum atomic E-state index is 12.1. The minimum atomic E-state index is -3.53. The van der Waals surface area contributed by atoms with E-state index in [0.29, 0.717) is 19.3 Å². The summed E-state index contributed by atoms with van der Waals surface area (Å²) < 4.78 is 36.7. The summed E-state index contributed by atoms with van der Waals surface area (Å²) in [6.45, 7) is 2.46. The van der Waals surface area contributed by atoms with Gasteiger partial charge in [0.15, 0.2) is 0 Å². The first kappa shape index (κ1) is 22.6. The second-order valence-electron chi connectivity index (χ2n) is 5.59. The summed E-state index contributed by atoms with van der Waals surface area (Å²) in [5.74, 6) is -0.637. The van der Waals surface area contributed by atoms with Gasteiger partial charge in [-0.3, -0.25) is 4.79 Å². The number of unbranched alkanes of at least 4 members (excludes halogenated alkanes) is 3. The van der Waals surface area contributed by atoms with Gasteiger partial charge >= 0.3 is 12.1 Å². The van der Waals surface area contributed by atoms with Gasteiger partial charge < -0.3 is 9.47 Å². The molecular formula is C17H24BrNO6S. The number of sulfonamides is 1. The van der Waals surface area contributed by atoms with Crippen molar-refractivity contribution in [2.75, 3.05) is 13.2 Å². The van der Waals surface area contributed by atoms with Gasteiger partial charge in [0.1, 0.15) is 0 Å². The zero-order valence-electron chi connectivity index (χ0n) is 14.7.